The van der Waals surface area contributed by atoms with Crippen LogP contribution in [0.3, 0.4) is 0 Å². The first kappa shape index (κ1) is 9.67. The SMILES string of the molecule is C=C[C@@H]1C[C@@H](O)[C@H](O)[C@@H](CO)O1. The first-order valence-corrected chi connectivity index (χ1v) is 3.94. The van der Waals surface area contributed by atoms with Gasteiger partial charge in [-0.2, -0.15) is 0 Å². The van der Waals surface area contributed by atoms with Crippen molar-refractivity contribution in [3.05, 3.63) is 12.7 Å². The van der Waals surface area contributed by atoms with Crippen LogP contribution in [0.5, 0.6) is 0 Å². The molecular weight excluding hydrogens is 160 g/mol. The maximum absolute atomic E-state index is 9.29. The average molecular weight is 174 g/mol. The van der Waals surface area contributed by atoms with E-state index >= 15 is 0 Å². The summed E-state index contributed by atoms with van der Waals surface area (Å²) in [5, 5.41) is 27.3. The van der Waals surface area contributed by atoms with Crippen molar-refractivity contribution in [1.82, 2.24) is 0 Å². The highest BCUT2D eigenvalue weighted by atomic mass is 16.5. The van der Waals surface area contributed by atoms with E-state index < -0.39 is 18.3 Å². The van der Waals surface area contributed by atoms with E-state index in [2.05, 4.69) is 6.58 Å². The molecule has 0 amide bonds. The number of aliphatic hydroxyl groups excluding tert-OH is 3. The van der Waals surface area contributed by atoms with Crippen LogP contribution in [0, 0.1) is 0 Å². The molecule has 0 aromatic heterocycles. The van der Waals surface area contributed by atoms with Crippen molar-refractivity contribution in [3.8, 4) is 0 Å². The zero-order chi connectivity index (χ0) is 9.14. The summed E-state index contributed by atoms with van der Waals surface area (Å²) in [6, 6.07) is 0. The van der Waals surface area contributed by atoms with E-state index in [1.807, 2.05) is 0 Å². The summed E-state index contributed by atoms with van der Waals surface area (Å²) in [4.78, 5) is 0. The van der Waals surface area contributed by atoms with Crippen LogP contribution >= 0.6 is 0 Å². The van der Waals surface area contributed by atoms with Crippen molar-refractivity contribution >= 4 is 0 Å². The summed E-state index contributed by atoms with van der Waals surface area (Å²) in [6.45, 7) is 3.22. The molecule has 1 fully saturated rings. The number of hydrogen-bond acceptors (Lipinski definition) is 4. The molecule has 0 spiro atoms. The number of rotatable bonds is 2. The molecule has 0 aromatic carbocycles. The Labute approximate surface area is 71.1 Å². The lowest BCUT2D eigenvalue weighted by molar-refractivity contribution is -0.167. The van der Waals surface area contributed by atoms with Crippen LogP contribution in [0.25, 0.3) is 0 Å². The van der Waals surface area contributed by atoms with Gasteiger partial charge in [-0.3, -0.25) is 0 Å². The molecule has 4 atom stereocenters. The lowest BCUT2D eigenvalue weighted by Gasteiger charge is -2.34. The predicted octanol–water partition coefficient (Wildman–Crippen LogP) is -0.956. The summed E-state index contributed by atoms with van der Waals surface area (Å²) < 4.78 is 5.19. The van der Waals surface area contributed by atoms with E-state index in [1.54, 1.807) is 6.08 Å². The van der Waals surface area contributed by atoms with Crippen molar-refractivity contribution in [2.45, 2.75) is 30.8 Å². The van der Waals surface area contributed by atoms with Crippen molar-refractivity contribution in [1.29, 1.82) is 0 Å². The molecule has 0 aliphatic carbocycles. The first-order chi connectivity index (χ1) is 5.69. The molecule has 12 heavy (non-hydrogen) atoms. The van der Waals surface area contributed by atoms with Crippen molar-refractivity contribution in [2.24, 2.45) is 0 Å². The Balaban J connectivity index is 2.57. The molecule has 0 radical (unpaired) electrons. The van der Waals surface area contributed by atoms with Crippen LogP contribution < -0.4 is 0 Å². The van der Waals surface area contributed by atoms with E-state index in [-0.39, 0.29) is 12.7 Å². The zero-order valence-corrected chi connectivity index (χ0v) is 6.76. The molecule has 0 bridgehead atoms. The van der Waals surface area contributed by atoms with Crippen LogP contribution in [-0.4, -0.2) is 46.3 Å². The molecule has 1 heterocycles. The molecular formula is C8H14O4. The summed E-state index contributed by atoms with van der Waals surface area (Å²) in [5.74, 6) is 0. The third-order valence-electron chi connectivity index (χ3n) is 2.04. The Bertz CT molecular complexity index is 159. The lowest BCUT2D eigenvalue weighted by Crippen LogP contribution is -2.49. The molecule has 1 saturated heterocycles. The molecule has 0 aromatic rings. The fourth-order valence-electron chi connectivity index (χ4n) is 1.29. The monoisotopic (exact) mass is 174 g/mol. The Morgan fingerprint density at radius 2 is 2.17 bits per heavy atom. The highest BCUT2D eigenvalue weighted by Gasteiger charge is 2.34. The van der Waals surface area contributed by atoms with Crippen molar-refractivity contribution < 1.29 is 20.1 Å². The van der Waals surface area contributed by atoms with Gasteiger partial charge in [0.05, 0.1) is 18.8 Å². The van der Waals surface area contributed by atoms with E-state index in [1.165, 1.54) is 0 Å². The van der Waals surface area contributed by atoms with Gasteiger partial charge in [0, 0.05) is 6.42 Å². The standard InChI is InChI=1S/C8H14O4/c1-2-5-3-6(10)8(11)7(4-9)12-5/h2,5-11H,1,3-4H2/t5-,6-,7-,8+/m1/s1. The largest absolute Gasteiger partial charge is 0.394 e. The number of ether oxygens (including phenoxy) is 1. The Morgan fingerprint density at radius 3 is 2.67 bits per heavy atom. The van der Waals surface area contributed by atoms with Crippen molar-refractivity contribution in [3.63, 3.8) is 0 Å². The minimum Gasteiger partial charge on any atom is -0.394 e. The van der Waals surface area contributed by atoms with Crippen LogP contribution in [0.1, 0.15) is 6.42 Å². The third-order valence-corrected chi connectivity index (χ3v) is 2.04. The maximum Gasteiger partial charge on any atom is 0.110 e. The predicted molar refractivity (Wildman–Crippen MR) is 42.6 cm³/mol. The zero-order valence-electron chi connectivity index (χ0n) is 6.76. The fraction of sp³-hybridized carbons (Fsp3) is 0.750. The van der Waals surface area contributed by atoms with Gasteiger partial charge in [-0.15, -0.1) is 6.58 Å². The Hall–Kier alpha value is -0.420. The minimum absolute atomic E-state index is 0.277. The molecule has 70 valence electrons. The fourth-order valence-corrected chi connectivity index (χ4v) is 1.29. The van der Waals surface area contributed by atoms with Gasteiger partial charge < -0.3 is 20.1 Å². The second-order valence-corrected chi connectivity index (χ2v) is 2.92. The molecule has 1 rings (SSSR count). The third kappa shape index (κ3) is 1.84. The first-order valence-electron chi connectivity index (χ1n) is 3.94. The summed E-state index contributed by atoms with van der Waals surface area (Å²) >= 11 is 0. The Kier molecular flexibility index (Phi) is 3.22. The topological polar surface area (TPSA) is 69.9 Å². The van der Waals surface area contributed by atoms with Crippen LogP contribution in [-0.2, 0) is 4.74 Å². The van der Waals surface area contributed by atoms with Crippen molar-refractivity contribution in [2.75, 3.05) is 6.61 Å². The van der Waals surface area contributed by atoms with Gasteiger partial charge in [-0.25, -0.2) is 0 Å². The highest BCUT2D eigenvalue weighted by molar-refractivity contribution is 4.92. The smallest absolute Gasteiger partial charge is 0.110 e. The molecule has 1 aliphatic heterocycles. The van der Waals surface area contributed by atoms with Gasteiger partial charge in [-0.1, -0.05) is 6.08 Å². The van der Waals surface area contributed by atoms with E-state index in [4.69, 9.17) is 9.84 Å². The Morgan fingerprint density at radius 1 is 1.50 bits per heavy atom. The van der Waals surface area contributed by atoms with Gasteiger partial charge in [0.1, 0.15) is 12.2 Å². The summed E-state index contributed by atoms with van der Waals surface area (Å²) in [6.07, 6.45) is -0.916. The molecule has 4 nitrogen and oxygen atoms in total. The van der Waals surface area contributed by atoms with E-state index in [0.29, 0.717) is 6.42 Å². The van der Waals surface area contributed by atoms with Gasteiger partial charge in [0.25, 0.3) is 0 Å². The maximum atomic E-state index is 9.29. The molecule has 3 N–H and O–H groups in total. The second kappa shape index (κ2) is 4.00. The lowest BCUT2D eigenvalue weighted by atomic mass is 9.98. The number of aliphatic hydroxyl groups is 3. The van der Waals surface area contributed by atoms with Gasteiger partial charge in [-0.05, 0) is 0 Å². The average Bonchev–Trinajstić information content (AvgIpc) is 2.09. The second-order valence-electron chi connectivity index (χ2n) is 2.92. The van der Waals surface area contributed by atoms with E-state index in [9.17, 15) is 10.2 Å². The molecule has 4 heteroatoms. The molecule has 1 aliphatic rings. The van der Waals surface area contributed by atoms with Gasteiger partial charge in [0.2, 0.25) is 0 Å². The molecule has 0 unspecified atom stereocenters. The molecule has 0 saturated carbocycles. The van der Waals surface area contributed by atoms with Gasteiger partial charge >= 0.3 is 0 Å². The van der Waals surface area contributed by atoms with Crippen LogP contribution in [0.4, 0.5) is 0 Å². The summed E-state index contributed by atoms with van der Waals surface area (Å²) in [7, 11) is 0. The normalized spacial score (nSPS) is 42.6. The van der Waals surface area contributed by atoms with Crippen LogP contribution in [0.15, 0.2) is 12.7 Å². The highest BCUT2D eigenvalue weighted by Crippen LogP contribution is 2.20. The van der Waals surface area contributed by atoms with E-state index in [0.717, 1.165) is 0 Å². The summed E-state index contributed by atoms with van der Waals surface area (Å²) in [5.41, 5.74) is 0. The minimum atomic E-state index is -0.994. The van der Waals surface area contributed by atoms with Crippen LogP contribution in [0.2, 0.25) is 0 Å². The quantitative estimate of drug-likeness (QED) is 0.472. The number of hydrogen-bond donors (Lipinski definition) is 3. The van der Waals surface area contributed by atoms with Gasteiger partial charge in [0.15, 0.2) is 0 Å².